The summed E-state index contributed by atoms with van der Waals surface area (Å²) in [5.41, 5.74) is 4.02. The van der Waals surface area contributed by atoms with Gasteiger partial charge in [-0.15, -0.1) is 10.2 Å². The van der Waals surface area contributed by atoms with Crippen LogP contribution in [-0.4, -0.2) is 52.4 Å². The maximum absolute atomic E-state index is 12.0. The molecule has 0 saturated heterocycles. The molecule has 1 aliphatic heterocycles. The standard InChI is InChI=1S/C21H31N5O2/c1-15-5-6-18(16(2)13-15)14-25-9-7-19-23-24-21(26(19)11-10-25)17(3)22-20(27)8-12-28-4/h5-6,13,17H,7-12,14H2,1-4H3,(H,22,27)/t17-/m0/s1. The van der Waals surface area contributed by atoms with Gasteiger partial charge in [0.05, 0.1) is 12.6 Å². The highest BCUT2D eigenvalue weighted by Crippen LogP contribution is 2.18. The van der Waals surface area contributed by atoms with E-state index in [1.165, 1.54) is 16.7 Å². The van der Waals surface area contributed by atoms with Crippen LogP contribution in [0.2, 0.25) is 0 Å². The Hall–Kier alpha value is -2.25. The van der Waals surface area contributed by atoms with Gasteiger partial charge in [0.2, 0.25) is 5.91 Å². The number of nitrogens with one attached hydrogen (secondary N) is 1. The molecule has 7 nitrogen and oxygen atoms in total. The fourth-order valence-electron chi connectivity index (χ4n) is 3.70. The monoisotopic (exact) mass is 385 g/mol. The van der Waals surface area contributed by atoms with Crippen LogP contribution in [0.15, 0.2) is 18.2 Å². The van der Waals surface area contributed by atoms with Gasteiger partial charge in [0.1, 0.15) is 5.82 Å². The SMILES string of the molecule is COCCC(=O)N[C@@H](C)c1nnc2n1CCN(Cc1ccc(C)cc1C)CC2. The predicted molar refractivity (Wildman–Crippen MR) is 108 cm³/mol. The second kappa shape index (κ2) is 9.30. The molecule has 0 radical (unpaired) electrons. The summed E-state index contributed by atoms with van der Waals surface area (Å²) in [5.74, 6) is 1.79. The maximum Gasteiger partial charge on any atom is 0.222 e. The van der Waals surface area contributed by atoms with Crippen molar-refractivity contribution in [1.82, 2.24) is 25.0 Å². The minimum Gasteiger partial charge on any atom is -0.384 e. The Morgan fingerprint density at radius 1 is 1.25 bits per heavy atom. The molecule has 0 fully saturated rings. The molecule has 0 unspecified atom stereocenters. The highest BCUT2D eigenvalue weighted by molar-refractivity contribution is 5.76. The summed E-state index contributed by atoms with van der Waals surface area (Å²) in [6.45, 7) is 10.4. The van der Waals surface area contributed by atoms with Gasteiger partial charge < -0.3 is 14.6 Å². The number of carbonyl (C=O) groups excluding carboxylic acids is 1. The van der Waals surface area contributed by atoms with E-state index in [4.69, 9.17) is 4.74 Å². The number of nitrogens with zero attached hydrogens (tertiary/aromatic N) is 4. The predicted octanol–water partition coefficient (Wildman–Crippen LogP) is 2.17. The molecule has 1 atom stereocenters. The summed E-state index contributed by atoms with van der Waals surface area (Å²) in [7, 11) is 1.60. The third-order valence-electron chi connectivity index (χ3n) is 5.34. The number of ether oxygens (including phenoxy) is 1. The Kier molecular flexibility index (Phi) is 6.80. The summed E-state index contributed by atoms with van der Waals surface area (Å²) in [6.07, 6.45) is 1.22. The van der Waals surface area contributed by atoms with Crippen molar-refractivity contribution in [2.45, 2.75) is 52.7 Å². The molecule has 152 valence electrons. The van der Waals surface area contributed by atoms with Crippen LogP contribution in [0.1, 0.15) is 47.7 Å². The first-order valence-corrected chi connectivity index (χ1v) is 9.96. The van der Waals surface area contributed by atoms with Crippen LogP contribution in [0, 0.1) is 13.8 Å². The average Bonchev–Trinajstić information content (AvgIpc) is 2.97. The number of benzene rings is 1. The van der Waals surface area contributed by atoms with Gasteiger partial charge in [-0.2, -0.15) is 0 Å². The minimum absolute atomic E-state index is 0.0307. The van der Waals surface area contributed by atoms with Crippen molar-refractivity contribution in [3.05, 3.63) is 46.5 Å². The molecule has 1 aromatic carbocycles. The number of aromatic nitrogens is 3. The normalized spacial score (nSPS) is 15.7. The smallest absolute Gasteiger partial charge is 0.222 e. The molecule has 0 saturated carbocycles. The fraction of sp³-hybridized carbons (Fsp3) is 0.571. The van der Waals surface area contributed by atoms with Crippen LogP contribution in [0.4, 0.5) is 0 Å². The molecule has 1 aromatic heterocycles. The van der Waals surface area contributed by atoms with E-state index in [1.807, 2.05) is 6.92 Å². The lowest BCUT2D eigenvalue weighted by Gasteiger charge is -2.21. The van der Waals surface area contributed by atoms with Crippen molar-refractivity contribution in [3.63, 3.8) is 0 Å². The van der Waals surface area contributed by atoms with E-state index < -0.39 is 0 Å². The second-order valence-electron chi connectivity index (χ2n) is 7.61. The lowest BCUT2D eigenvalue weighted by atomic mass is 10.1. The van der Waals surface area contributed by atoms with Crippen molar-refractivity contribution in [2.24, 2.45) is 0 Å². The zero-order valence-electron chi connectivity index (χ0n) is 17.4. The lowest BCUT2D eigenvalue weighted by molar-refractivity contribution is -0.122. The van der Waals surface area contributed by atoms with Crippen molar-refractivity contribution >= 4 is 5.91 Å². The zero-order valence-corrected chi connectivity index (χ0v) is 17.4. The van der Waals surface area contributed by atoms with Gasteiger partial charge in [0.25, 0.3) is 0 Å². The molecule has 1 aliphatic rings. The third kappa shape index (κ3) is 4.97. The largest absolute Gasteiger partial charge is 0.384 e. The summed E-state index contributed by atoms with van der Waals surface area (Å²) in [4.78, 5) is 14.5. The quantitative estimate of drug-likeness (QED) is 0.791. The summed E-state index contributed by atoms with van der Waals surface area (Å²) in [6, 6.07) is 6.49. The average molecular weight is 386 g/mol. The second-order valence-corrected chi connectivity index (χ2v) is 7.61. The van der Waals surface area contributed by atoms with Crippen molar-refractivity contribution in [1.29, 1.82) is 0 Å². The Labute approximate surface area is 167 Å². The molecule has 0 spiro atoms. The van der Waals surface area contributed by atoms with E-state index in [2.05, 4.69) is 57.0 Å². The molecule has 1 N–H and O–H groups in total. The van der Waals surface area contributed by atoms with Crippen molar-refractivity contribution < 1.29 is 9.53 Å². The van der Waals surface area contributed by atoms with Crippen LogP contribution in [0.25, 0.3) is 0 Å². The molecule has 0 aliphatic carbocycles. The number of carbonyl (C=O) groups is 1. The number of methoxy groups -OCH3 is 1. The number of amides is 1. The first-order valence-electron chi connectivity index (χ1n) is 9.96. The van der Waals surface area contributed by atoms with Gasteiger partial charge in [-0.25, -0.2) is 0 Å². The molecule has 7 heteroatoms. The van der Waals surface area contributed by atoms with E-state index in [-0.39, 0.29) is 11.9 Å². The number of fused-ring (bicyclic) bond motifs is 1. The highest BCUT2D eigenvalue weighted by atomic mass is 16.5. The third-order valence-corrected chi connectivity index (χ3v) is 5.34. The van der Waals surface area contributed by atoms with E-state index in [0.717, 1.165) is 44.2 Å². The van der Waals surface area contributed by atoms with Crippen LogP contribution >= 0.6 is 0 Å². The minimum atomic E-state index is -0.170. The van der Waals surface area contributed by atoms with E-state index in [0.29, 0.717) is 13.0 Å². The molecular formula is C21H31N5O2. The van der Waals surface area contributed by atoms with Gasteiger partial charge in [-0.1, -0.05) is 23.8 Å². The van der Waals surface area contributed by atoms with Crippen LogP contribution in [-0.2, 0) is 29.0 Å². The van der Waals surface area contributed by atoms with E-state index in [9.17, 15) is 4.79 Å². The highest BCUT2D eigenvalue weighted by Gasteiger charge is 2.23. The van der Waals surface area contributed by atoms with Crippen LogP contribution in [0.5, 0.6) is 0 Å². The Morgan fingerprint density at radius 3 is 2.82 bits per heavy atom. The zero-order chi connectivity index (χ0) is 20.1. The van der Waals surface area contributed by atoms with Crippen LogP contribution < -0.4 is 5.32 Å². The molecule has 2 heterocycles. The maximum atomic E-state index is 12.0. The summed E-state index contributed by atoms with van der Waals surface area (Å²) in [5, 5.41) is 11.7. The summed E-state index contributed by atoms with van der Waals surface area (Å²) >= 11 is 0. The molecule has 2 aromatic rings. The van der Waals surface area contributed by atoms with Gasteiger partial charge in [-0.05, 0) is 31.9 Å². The van der Waals surface area contributed by atoms with Gasteiger partial charge in [-0.3, -0.25) is 9.69 Å². The van der Waals surface area contributed by atoms with Gasteiger partial charge in [0, 0.05) is 46.1 Å². The fourth-order valence-corrected chi connectivity index (χ4v) is 3.70. The van der Waals surface area contributed by atoms with Gasteiger partial charge >= 0.3 is 0 Å². The van der Waals surface area contributed by atoms with Crippen molar-refractivity contribution in [3.8, 4) is 0 Å². The van der Waals surface area contributed by atoms with Gasteiger partial charge in [0.15, 0.2) is 5.82 Å². The number of rotatable bonds is 7. The lowest BCUT2D eigenvalue weighted by Crippen LogP contribution is -2.30. The van der Waals surface area contributed by atoms with Crippen molar-refractivity contribution in [2.75, 3.05) is 26.8 Å². The first-order chi connectivity index (χ1) is 13.5. The van der Waals surface area contributed by atoms with E-state index >= 15 is 0 Å². The number of aryl methyl sites for hydroxylation is 2. The molecule has 28 heavy (non-hydrogen) atoms. The Balaban J connectivity index is 1.63. The topological polar surface area (TPSA) is 72.3 Å². The number of hydrogen-bond donors (Lipinski definition) is 1. The Bertz CT molecular complexity index is 817. The Morgan fingerprint density at radius 2 is 2.07 bits per heavy atom. The van der Waals surface area contributed by atoms with E-state index in [1.54, 1.807) is 7.11 Å². The van der Waals surface area contributed by atoms with Crippen LogP contribution in [0.3, 0.4) is 0 Å². The molecule has 3 rings (SSSR count). The summed E-state index contributed by atoms with van der Waals surface area (Å²) < 4.78 is 7.14. The molecular weight excluding hydrogens is 354 g/mol. The molecule has 0 bridgehead atoms. The number of hydrogen-bond acceptors (Lipinski definition) is 5. The molecule has 1 amide bonds. The first kappa shape index (κ1) is 20.5.